The van der Waals surface area contributed by atoms with Gasteiger partial charge in [0, 0.05) is 25.8 Å². The second-order valence-electron chi connectivity index (χ2n) is 5.06. The van der Waals surface area contributed by atoms with Gasteiger partial charge in [-0.2, -0.15) is 0 Å². The predicted octanol–water partition coefficient (Wildman–Crippen LogP) is 2.78. The molecule has 1 aromatic carbocycles. The highest BCUT2D eigenvalue weighted by Crippen LogP contribution is 2.33. The van der Waals surface area contributed by atoms with Gasteiger partial charge >= 0.3 is 0 Å². The minimum atomic E-state index is 0.469. The smallest absolute Gasteiger partial charge is 0.122 e. The zero-order chi connectivity index (χ0) is 13.7. The van der Waals surface area contributed by atoms with E-state index in [1.54, 1.807) is 7.11 Å². The molecular weight excluding hydrogens is 224 g/mol. The number of hydrogen-bond donors (Lipinski definition) is 1. The van der Waals surface area contributed by atoms with Crippen molar-refractivity contribution in [1.82, 2.24) is 5.32 Å². The van der Waals surface area contributed by atoms with E-state index in [1.807, 2.05) is 7.05 Å². The molecule has 0 saturated carbocycles. The van der Waals surface area contributed by atoms with E-state index >= 15 is 0 Å². The van der Waals surface area contributed by atoms with Crippen molar-refractivity contribution in [2.24, 2.45) is 0 Å². The number of ether oxygens (including phenoxy) is 1. The molecule has 0 aromatic heterocycles. The minimum Gasteiger partial charge on any atom is -0.496 e. The third-order valence-corrected chi connectivity index (χ3v) is 3.28. The van der Waals surface area contributed by atoms with Gasteiger partial charge in [-0.25, -0.2) is 0 Å². The fraction of sp³-hybridized carbons (Fsp3) is 0.600. The number of benzene rings is 1. The highest BCUT2D eigenvalue weighted by molar-refractivity contribution is 5.59. The highest BCUT2D eigenvalue weighted by atomic mass is 16.5. The van der Waals surface area contributed by atoms with Crippen LogP contribution in [0.5, 0.6) is 5.75 Å². The summed E-state index contributed by atoms with van der Waals surface area (Å²) in [4.78, 5) is 2.29. The van der Waals surface area contributed by atoms with Crippen molar-refractivity contribution >= 4 is 5.69 Å². The molecular formula is C15H26N2O. The molecule has 1 N–H and O–H groups in total. The van der Waals surface area contributed by atoms with E-state index in [1.165, 1.54) is 16.8 Å². The molecule has 3 heteroatoms. The molecule has 1 aromatic rings. The molecule has 102 valence electrons. The summed E-state index contributed by atoms with van der Waals surface area (Å²) in [6.45, 7) is 8.52. The lowest BCUT2D eigenvalue weighted by Gasteiger charge is -2.24. The number of anilines is 1. The Morgan fingerprint density at radius 1 is 1.33 bits per heavy atom. The minimum absolute atomic E-state index is 0.469. The Labute approximate surface area is 111 Å². The summed E-state index contributed by atoms with van der Waals surface area (Å²) in [5.74, 6) is 1.46. The van der Waals surface area contributed by atoms with Gasteiger partial charge in [-0.3, -0.25) is 0 Å². The van der Waals surface area contributed by atoms with Gasteiger partial charge in [-0.15, -0.1) is 0 Å². The van der Waals surface area contributed by atoms with Crippen LogP contribution in [-0.2, 0) is 0 Å². The fourth-order valence-electron chi connectivity index (χ4n) is 2.13. The molecule has 0 heterocycles. The molecule has 0 aliphatic heterocycles. The van der Waals surface area contributed by atoms with Crippen LogP contribution in [0.1, 0.15) is 30.9 Å². The lowest BCUT2D eigenvalue weighted by atomic mass is 9.98. The number of hydrogen-bond acceptors (Lipinski definition) is 3. The normalized spacial score (nSPS) is 10.8. The van der Waals surface area contributed by atoms with Gasteiger partial charge < -0.3 is 15.0 Å². The third kappa shape index (κ3) is 3.39. The van der Waals surface area contributed by atoms with E-state index in [-0.39, 0.29) is 0 Å². The van der Waals surface area contributed by atoms with E-state index in [0.717, 1.165) is 18.8 Å². The Hall–Kier alpha value is -1.22. The lowest BCUT2D eigenvalue weighted by Crippen LogP contribution is -2.27. The van der Waals surface area contributed by atoms with E-state index in [0.29, 0.717) is 5.92 Å². The maximum Gasteiger partial charge on any atom is 0.122 e. The zero-order valence-corrected chi connectivity index (χ0v) is 12.5. The third-order valence-electron chi connectivity index (χ3n) is 3.28. The summed E-state index contributed by atoms with van der Waals surface area (Å²) >= 11 is 0. The number of likely N-dealkylation sites (N-methyl/N-ethyl adjacent to an activating group) is 2. The molecule has 0 saturated heterocycles. The van der Waals surface area contributed by atoms with Crippen molar-refractivity contribution in [3.8, 4) is 5.75 Å². The number of aryl methyl sites for hydroxylation is 1. The first kappa shape index (κ1) is 14.8. The van der Waals surface area contributed by atoms with Crippen LogP contribution in [0.25, 0.3) is 0 Å². The molecule has 0 amide bonds. The largest absolute Gasteiger partial charge is 0.496 e. The van der Waals surface area contributed by atoms with E-state index in [9.17, 15) is 0 Å². The van der Waals surface area contributed by atoms with Crippen molar-refractivity contribution in [3.63, 3.8) is 0 Å². The highest BCUT2D eigenvalue weighted by Gasteiger charge is 2.13. The van der Waals surface area contributed by atoms with Crippen molar-refractivity contribution in [2.75, 3.05) is 39.2 Å². The molecule has 0 aliphatic carbocycles. The van der Waals surface area contributed by atoms with Gasteiger partial charge in [0.05, 0.1) is 7.11 Å². The summed E-state index contributed by atoms with van der Waals surface area (Å²) in [7, 11) is 5.86. The summed E-state index contributed by atoms with van der Waals surface area (Å²) < 4.78 is 5.47. The second-order valence-corrected chi connectivity index (χ2v) is 5.06. The van der Waals surface area contributed by atoms with Gasteiger partial charge in [0.1, 0.15) is 5.75 Å². The monoisotopic (exact) mass is 250 g/mol. The number of nitrogens with zero attached hydrogens (tertiary/aromatic N) is 1. The SMILES string of the molecule is CNCCN(C)c1cc(C(C)C)c(OC)cc1C. The first-order valence-electron chi connectivity index (χ1n) is 6.55. The molecule has 0 unspecified atom stereocenters. The Morgan fingerprint density at radius 2 is 2.00 bits per heavy atom. The van der Waals surface area contributed by atoms with Crippen LogP contribution in [0.3, 0.4) is 0 Å². The molecule has 1 rings (SSSR count). The fourth-order valence-corrected chi connectivity index (χ4v) is 2.13. The van der Waals surface area contributed by atoms with Crippen LogP contribution in [-0.4, -0.2) is 34.3 Å². The molecule has 0 fully saturated rings. The first-order valence-corrected chi connectivity index (χ1v) is 6.55. The molecule has 0 bridgehead atoms. The van der Waals surface area contributed by atoms with Gasteiger partial charge in [0.15, 0.2) is 0 Å². The number of rotatable bonds is 6. The predicted molar refractivity (Wildman–Crippen MR) is 79.0 cm³/mol. The van der Waals surface area contributed by atoms with Crippen molar-refractivity contribution in [3.05, 3.63) is 23.3 Å². The van der Waals surface area contributed by atoms with Gasteiger partial charge in [0.25, 0.3) is 0 Å². The second kappa shape index (κ2) is 6.64. The van der Waals surface area contributed by atoms with Crippen molar-refractivity contribution in [2.45, 2.75) is 26.7 Å². The van der Waals surface area contributed by atoms with Crippen LogP contribution >= 0.6 is 0 Å². The van der Waals surface area contributed by atoms with Crippen LogP contribution in [0.15, 0.2) is 12.1 Å². The standard InChI is InChI=1S/C15H26N2O/c1-11(2)13-10-14(17(5)8-7-16-4)12(3)9-15(13)18-6/h9-11,16H,7-8H2,1-6H3. The maximum atomic E-state index is 5.47. The molecule has 18 heavy (non-hydrogen) atoms. The Balaban J connectivity index is 3.08. The lowest BCUT2D eigenvalue weighted by molar-refractivity contribution is 0.407. The van der Waals surface area contributed by atoms with Crippen LogP contribution in [0.4, 0.5) is 5.69 Å². The average Bonchev–Trinajstić information content (AvgIpc) is 2.34. The van der Waals surface area contributed by atoms with Crippen LogP contribution in [0, 0.1) is 6.92 Å². The molecule has 0 spiro atoms. The van der Waals surface area contributed by atoms with Crippen molar-refractivity contribution in [1.29, 1.82) is 0 Å². The molecule has 3 nitrogen and oxygen atoms in total. The van der Waals surface area contributed by atoms with Gasteiger partial charge in [-0.1, -0.05) is 13.8 Å². The zero-order valence-electron chi connectivity index (χ0n) is 12.5. The molecule has 0 aliphatic rings. The summed E-state index contributed by atoms with van der Waals surface area (Å²) in [6.07, 6.45) is 0. The van der Waals surface area contributed by atoms with E-state index < -0.39 is 0 Å². The summed E-state index contributed by atoms with van der Waals surface area (Å²) in [5.41, 5.74) is 3.82. The topological polar surface area (TPSA) is 24.5 Å². The maximum absolute atomic E-state index is 5.47. The van der Waals surface area contributed by atoms with Crippen molar-refractivity contribution < 1.29 is 4.74 Å². The summed E-state index contributed by atoms with van der Waals surface area (Å²) in [6, 6.07) is 4.40. The number of methoxy groups -OCH3 is 1. The van der Waals surface area contributed by atoms with E-state index in [4.69, 9.17) is 4.74 Å². The number of nitrogens with one attached hydrogen (secondary N) is 1. The Kier molecular flexibility index (Phi) is 5.48. The average molecular weight is 250 g/mol. The first-order chi connectivity index (χ1) is 8.51. The quantitative estimate of drug-likeness (QED) is 0.840. The van der Waals surface area contributed by atoms with Crippen LogP contribution in [0.2, 0.25) is 0 Å². The van der Waals surface area contributed by atoms with Gasteiger partial charge in [0.2, 0.25) is 0 Å². The van der Waals surface area contributed by atoms with Gasteiger partial charge in [-0.05, 0) is 43.1 Å². The van der Waals surface area contributed by atoms with E-state index in [2.05, 4.69) is 50.2 Å². The molecule has 0 radical (unpaired) electrons. The molecule has 0 atom stereocenters. The Morgan fingerprint density at radius 3 is 2.50 bits per heavy atom. The summed E-state index contributed by atoms with van der Waals surface area (Å²) in [5, 5.41) is 3.18. The Bertz CT molecular complexity index is 388. The van der Waals surface area contributed by atoms with Crippen LogP contribution < -0.4 is 15.0 Å².